The molecule has 0 saturated heterocycles. The maximum atomic E-state index is 11.3. The van der Waals surface area contributed by atoms with Gasteiger partial charge in [-0.15, -0.1) is 11.3 Å². The van der Waals surface area contributed by atoms with Gasteiger partial charge in [-0.2, -0.15) is 0 Å². The maximum Gasteiger partial charge on any atom is 0.239 e. The first-order chi connectivity index (χ1) is 7.09. The molecule has 1 aromatic rings. The van der Waals surface area contributed by atoms with Crippen LogP contribution in [0.5, 0.6) is 0 Å². The van der Waals surface area contributed by atoms with Crippen LogP contribution in [0.4, 0.5) is 0 Å². The fourth-order valence-electron chi connectivity index (χ4n) is 0.751. The summed E-state index contributed by atoms with van der Waals surface area (Å²) in [5, 5.41) is 3.42. The van der Waals surface area contributed by atoms with Crippen LogP contribution in [0, 0.1) is 0 Å². The van der Waals surface area contributed by atoms with E-state index in [1.165, 1.54) is 18.3 Å². The van der Waals surface area contributed by atoms with Crippen molar-refractivity contribution < 1.29 is 14.4 Å². The molecule has 2 amide bonds. The second kappa shape index (κ2) is 5.62. The standard InChI is InChI=1S/C8H8N2O3S2/c1-5(11)10-7(12)3-15-8(13)6-2-14-4-9-6/h2,4H,3H2,1H3,(H,10,11,12). The average Bonchev–Trinajstić information content (AvgIpc) is 2.65. The Morgan fingerprint density at radius 3 is 2.80 bits per heavy atom. The highest BCUT2D eigenvalue weighted by molar-refractivity contribution is 8.14. The van der Waals surface area contributed by atoms with Crippen LogP contribution in [0.3, 0.4) is 0 Å². The van der Waals surface area contributed by atoms with Gasteiger partial charge in [0, 0.05) is 12.3 Å². The molecule has 0 spiro atoms. The summed E-state index contributed by atoms with van der Waals surface area (Å²) in [5.74, 6) is -0.978. The summed E-state index contributed by atoms with van der Waals surface area (Å²) < 4.78 is 0. The predicted octanol–water partition coefficient (Wildman–Crippen LogP) is 0.679. The van der Waals surface area contributed by atoms with Crippen molar-refractivity contribution >= 4 is 40.0 Å². The van der Waals surface area contributed by atoms with Gasteiger partial charge in [0.1, 0.15) is 5.69 Å². The molecule has 0 radical (unpaired) electrons. The molecule has 0 fully saturated rings. The molecule has 0 aliphatic rings. The number of thiazole rings is 1. The summed E-state index contributed by atoms with van der Waals surface area (Å²) in [6.45, 7) is 1.24. The van der Waals surface area contributed by atoms with Crippen molar-refractivity contribution in [2.24, 2.45) is 0 Å². The average molecular weight is 244 g/mol. The first-order valence-corrected chi connectivity index (χ1v) is 5.88. The van der Waals surface area contributed by atoms with E-state index >= 15 is 0 Å². The van der Waals surface area contributed by atoms with Gasteiger partial charge in [0.15, 0.2) is 0 Å². The molecule has 5 nitrogen and oxygen atoms in total. The zero-order valence-electron chi connectivity index (χ0n) is 7.85. The number of amides is 2. The van der Waals surface area contributed by atoms with E-state index in [4.69, 9.17) is 0 Å². The summed E-state index contributed by atoms with van der Waals surface area (Å²) >= 11 is 2.14. The van der Waals surface area contributed by atoms with Crippen LogP contribution in [-0.2, 0) is 9.59 Å². The minimum absolute atomic E-state index is 0.0735. The van der Waals surface area contributed by atoms with Gasteiger partial charge in [-0.25, -0.2) is 4.98 Å². The van der Waals surface area contributed by atoms with E-state index in [0.29, 0.717) is 5.69 Å². The van der Waals surface area contributed by atoms with Crippen LogP contribution in [0.2, 0.25) is 0 Å². The molecule has 0 aliphatic carbocycles. The van der Waals surface area contributed by atoms with Crippen LogP contribution >= 0.6 is 23.1 Å². The molecular weight excluding hydrogens is 236 g/mol. The monoisotopic (exact) mass is 244 g/mol. The number of hydrogen-bond acceptors (Lipinski definition) is 6. The van der Waals surface area contributed by atoms with E-state index in [0.717, 1.165) is 11.8 Å². The minimum Gasteiger partial charge on any atom is -0.296 e. The Balaban J connectivity index is 2.35. The Hall–Kier alpha value is -1.21. The number of aromatic nitrogens is 1. The third-order valence-electron chi connectivity index (χ3n) is 1.29. The van der Waals surface area contributed by atoms with Crippen LogP contribution in [0.15, 0.2) is 10.9 Å². The van der Waals surface area contributed by atoms with E-state index in [2.05, 4.69) is 10.3 Å². The summed E-state index contributed by atoms with van der Waals surface area (Å²) in [4.78, 5) is 36.6. The number of nitrogens with zero attached hydrogens (tertiary/aromatic N) is 1. The lowest BCUT2D eigenvalue weighted by Gasteiger charge is -1.98. The van der Waals surface area contributed by atoms with Gasteiger partial charge in [0.05, 0.1) is 11.3 Å². The van der Waals surface area contributed by atoms with E-state index in [1.54, 1.807) is 10.9 Å². The summed E-state index contributed by atoms with van der Waals surface area (Å²) in [7, 11) is 0. The maximum absolute atomic E-state index is 11.3. The number of thioether (sulfide) groups is 1. The predicted molar refractivity (Wildman–Crippen MR) is 57.7 cm³/mol. The smallest absolute Gasteiger partial charge is 0.239 e. The molecule has 0 atom stereocenters. The van der Waals surface area contributed by atoms with Gasteiger partial charge in [0.25, 0.3) is 0 Å². The lowest BCUT2D eigenvalue weighted by atomic mass is 10.6. The van der Waals surface area contributed by atoms with Crippen LogP contribution in [0.1, 0.15) is 17.4 Å². The summed E-state index contributed by atoms with van der Waals surface area (Å²) in [5.41, 5.74) is 1.88. The van der Waals surface area contributed by atoms with Gasteiger partial charge in [-0.3, -0.25) is 19.7 Å². The van der Waals surface area contributed by atoms with Crippen LogP contribution in [0.25, 0.3) is 0 Å². The van der Waals surface area contributed by atoms with Crippen molar-refractivity contribution in [1.29, 1.82) is 0 Å². The van der Waals surface area contributed by atoms with E-state index < -0.39 is 11.8 Å². The van der Waals surface area contributed by atoms with Crippen LogP contribution < -0.4 is 5.32 Å². The Morgan fingerprint density at radius 1 is 1.53 bits per heavy atom. The zero-order chi connectivity index (χ0) is 11.3. The lowest BCUT2D eigenvalue weighted by Crippen LogP contribution is -2.29. The number of hydrogen-bond donors (Lipinski definition) is 1. The van der Waals surface area contributed by atoms with Gasteiger partial charge in [0.2, 0.25) is 16.9 Å². The van der Waals surface area contributed by atoms with Crippen molar-refractivity contribution in [1.82, 2.24) is 10.3 Å². The third kappa shape index (κ3) is 4.22. The number of carbonyl (C=O) groups is 3. The molecule has 0 saturated carbocycles. The molecule has 1 rings (SSSR count). The van der Waals surface area contributed by atoms with E-state index in [-0.39, 0.29) is 10.9 Å². The highest BCUT2D eigenvalue weighted by Gasteiger charge is 2.11. The molecule has 1 heterocycles. The molecule has 15 heavy (non-hydrogen) atoms. The Bertz CT molecular complexity index is 375. The van der Waals surface area contributed by atoms with Gasteiger partial charge >= 0.3 is 0 Å². The van der Waals surface area contributed by atoms with E-state index in [1.807, 2.05) is 0 Å². The Labute approximate surface area is 94.3 Å². The van der Waals surface area contributed by atoms with Gasteiger partial charge in [-0.1, -0.05) is 11.8 Å². The largest absolute Gasteiger partial charge is 0.296 e. The number of carbonyl (C=O) groups excluding carboxylic acids is 3. The SMILES string of the molecule is CC(=O)NC(=O)CSC(=O)c1cscn1. The van der Waals surface area contributed by atoms with Crippen molar-refractivity contribution in [2.45, 2.75) is 6.92 Å². The quantitative estimate of drug-likeness (QED) is 0.846. The van der Waals surface area contributed by atoms with Crippen molar-refractivity contribution in [3.63, 3.8) is 0 Å². The lowest BCUT2D eigenvalue weighted by molar-refractivity contribution is -0.127. The topological polar surface area (TPSA) is 76.1 Å². The second-order valence-corrected chi connectivity index (χ2v) is 4.22. The fourth-order valence-corrected chi connectivity index (χ4v) is 1.95. The second-order valence-electron chi connectivity index (χ2n) is 2.55. The molecule has 0 aromatic carbocycles. The Kier molecular flexibility index (Phi) is 4.44. The first-order valence-electron chi connectivity index (χ1n) is 3.95. The molecule has 0 unspecified atom stereocenters. The molecule has 1 aromatic heterocycles. The van der Waals surface area contributed by atoms with Crippen molar-refractivity contribution in [3.8, 4) is 0 Å². The highest BCUT2D eigenvalue weighted by atomic mass is 32.2. The van der Waals surface area contributed by atoms with Gasteiger partial charge < -0.3 is 0 Å². The Morgan fingerprint density at radius 2 is 2.27 bits per heavy atom. The van der Waals surface area contributed by atoms with Crippen LogP contribution in [-0.4, -0.2) is 27.7 Å². The normalized spacial score (nSPS) is 9.67. The number of nitrogens with one attached hydrogen (secondary N) is 1. The molecule has 80 valence electrons. The van der Waals surface area contributed by atoms with Gasteiger partial charge in [-0.05, 0) is 0 Å². The third-order valence-corrected chi connectivity index (χ3v) is 2.76. The number of imide groups is 1. The molecule has 7 heteroatoms. The molecular formula is C8H8N2O3S2. The zero-order valence-corrected chi connectivity index (χ0v) is 9.48. The molecule has 1 N–H and O–H groups in total. The minimum atomic E-state index is -0.476. The first kappa shape index (κ1) is 11.9. The molecule has 0 aliphatic heterocycles. The van der Waals surface area contributed by atoms with E-state index in [9.17, 15) is 14.4 Å². The summed E-state index contributed by atoms with van der Waals surface area (Å²) in [6, 6.07) is 0. The summed E-state index contributed by atoms with van der Waals surface area (Å²) in [6.07, 6.45) is 0. The number of rotatable bonds is 3. The fraction of sp³-hybridized carbons (Fsp3) is 0.250. The van der Waals surface area contributed by atoms with Crippen molar-refractivity contribution in [2.75, 3.05) is 5.75 Å². The van der Waals surface area contributed by atoms with Crippen molar-refractivity contribution in [3.05, 3.63) is 16.6 Å². The highest BCUT2D eigenvalue weighted by Crippen LogP contribution is 2.11. The molecule has 0 bridgehead atoms.